The lowest BCUT2D eigenvalue weighted by Crippen LogP contribution is -2.25. The van der Waals surface area contributed by atoms with Crippen LogP contribution in [0.3, 0.4) is 0 Å². The van der Waals surface area contributed by atoms with Crippen LogP contribution in [-0.2, 0) is 4.79 Å². The van der Waals surface area contributed by atoms with Gasteiger partial charge in [-0.05, 0) is 38.5 Å². The van der Waals surface area contributed by atoms with E-state index in [0.29, 0.717) is 12.8 Å². The van der Waals surface area contributed by atoms with Crippen molar-refractivity contribution in [2.24, 2.45) is 0 Å². The fourth-order valence-electron chi connectivity index (χ4n) is 2.77. The minimum Gasteiger partial charge on any atom is -0.481 e. The van der Waals surface area contributed by atoms with E-state index in [2.05, 4.69) is 0 Å². The molecule has 0 rings (SSSR count). The standard InChI is InChI=1S/C20H38O5/c21-17-13-9-5-4-7-11-15-19(23)18(22)14-10-6-2-1-3-8-12-16-20(24)25/h6,10,18-19,21-23H,1-5,7-9,11-17H2,(H,24,25). The second-order valence-corrected chi connectivity index (χ2v) is 6.82. The van der Waals surface area contributed by atoms with Crippen molar-refractivity contribution < 1.29 is 25.2 Å². The third-order valence-corrected chi connectivity index (χ3v) is 4.41. The van der Waals surface area contributed by atoms with Crippen molar-refractivity contribution in [3.05, 3.63) is 12.2 Å². The van der Waals surface area contributed by atoms with Crippen LogP contribution in [0, 0.1) is 0 Å². The first kappa shape index (κ1) is 24.1. The van der Waals surface area contributed by atoms with E-state index in [-0.39, 0.29) is 13.0 Å². The summed E-state index contributed by atoms with van der Waals surface area (Å²) >= 11 is 0. The summed E-state index contributed by atoms with van der Waals surface area (Å²) in [6, 6.07) is 0. The molecule has 0 aromatic rings. The van der Waals surface area contributed by atoms with Gasteiger partial charge in [-0.1, -0.05) is 57.1 Å². The molecule has 25 heavy (non-hydrogen) atoms. The fraction of sp³-hybridized carbons (Fsp3) is 0.850. The van der Waals surface area contributed by atoms with Crippen LogP contribution in [0.4, 0.5) is 0 Å². The lowest BCUT2D eigenvalue weighted by molar-refractivity contribution is -0.137. The third-order valence-electron chi connectivity index (χ3n) is 4.41. The maximum absolute atomic E-state index is 10.4. The van der Waals surface area contributed by atoms with Crippen LogP contribution in [0.5, 0.6) is 0 Å². The summed E-state index contributed by atoms with van der Waals surface area (Å²) < 4.78 is 0. The minimum atomic E-state index is -0.728. The van der Waals surface area contributed by atoms with E-state index in [0.717, 1.165) is 70.6 Å². The number of aliphatic hydroxyl groups excluding tert-OH is 3. The third kappa shape index (κ3) is 17.7. The average molecular weight is 359 g/mol. The van der Waals surface area contributed by atoms with Crippen LogP contribution in [-0.4, -0.2) is 45.2 Å². The quantitative estimate of drug-likeness (QED) is 0.221. The van der Waals surface area contributed by atoms with Gasteiger partial charge in [-0.2, -0.15) is 0 Å². The maximum atomic E-state index is 10.4. The lowest BCUT2D eigenvalue weighted by atomic mass is 10.0. The molecule has 5 heteroatoms. The second kappa shape index (κ2) is 17.9. The topological polar surface area (TPSA) is 98.0 Å². The van der Waals surface area contributed by atoms with Gasteiger partial charge >= 0.3 is 5.97 Å². The molecule has 0 heterocycles. The number of hydrogen-bond donors (Lipinski definition) is 4. The van der Waals surface area contributed by atoms with Crippen LogP contribution >= 0.6 is 0 Å². The van der Waals surface area contributed by atoms with Gasteiger partial charge in [-0.3, -0.25) is 4.79 Å². The molecule has 5 nitrogen and oxygen atoms in total. The van der Waals surface area contributed by atoms with Gasteiger partial charge in [-0.15, -0.1) is 0 Å². The van der Waals surface area contributed by atoms with Gasteiger partial charge in [0.1, 0.15) is 0 Å². The van der Waals surface area contributed by atoms with Crippen LogP contribution < -0.4 is 0 Å². The summed E-state index contributed by atoms with van der Waals surface area (Å²) in [6.07, 6.45) is 14.8. The smallest absolute Gasteiger partial charge is 0.303 e. The highest BCUT2D eigenvalue weighted by Crippen LogP contribution is 2.13. The number of aliphatic hydroxyl groups is 3. The Bertz CT molecular complexity index is 330. The Kier molecular flexibility index (Phi) is 17.2. The molecule has 2 unspecified atom stereocenters. The zero-order valence-corrected chi connectivity index (χ0v) is 15.6. The van der Waals surface area contributed by atoms with E-state index < -0.39 is 18.2 Å². The molecule has 0 amide bonds. The molecular weight excluding hydrogens is 320 g/mol. The largest absolute Gasteiger partial charge is 0.481 e. The van der Waals surface area contributed by atoms with Gasteiger partial charge in [0.25, 0.3) is 0 Å². The summed E-state index contributed by atoms with van der Waals surface area (Å²) in [6.45, 7) is 0.267. The second-order valence-electron chi connectivity index (χ2n) is 6.82. The Morgan fingerprint density at radius 2 is 1.36 bits per heavy atom. The molecule has 0 aliphatic rings. The number of carboxylic acids is 1. The van der Waals surface area contributed by atoms with Gasteiger partial charge < -0.3 is 20.4 Å². The van der Waals surface area contributed by atoms with E-state index >= 15 is 0 Å². The summed E-state index contributed by atoms with van der Waals surface area (Å²) in [5.41, 5.74) is 0. The first-order valence-electron chi connectivity index (χ1n) is 9.91. The Morgan fingerprint density at radius 1 is 0.760 bits per heavy atom. The molecule has 0 aromatic carbocycles. The fourth-order valence-corrected chi connectivity index (χ4v) is 2.77. The highest BCUT2D eigenvalue weighted by molar-refractivity contribution is 5.66. The molecule has 148 valence electrons. The Labute approximate surface area is 152 Å². The highest BCUT2D eigenvalue weighted by Gasteiger charge is 2.13. The summed E-state index contributed by atoms with van der Waals surface area (Å²) in [4.78, 5) is 10.4. The molecule has 4 N–H and O–H groups in total. The number of unbranched alkanes of at least 4 members (excludes halogenated alkanes) is 9. The molecule has 0 aliphatic heterocycles. The van der Waals surface area contributed by atoms with Crippen molar-refractivity contribution in [1.29, 1.82) is 0 Å². The molecule has 0 radical (unpaired) electrons. The van der Waals surface area contributed by atoms with Crippen molar-refractivity contribution in [1.82, 2.24) is 0 Å². The van der Waals surface area contributed by atoms with Gasteiger partial charge in [0, 0.05) is 13.0 Å². The van der Waals surface area contributed by atoms with E-state index in [1.54, 1.807) is 0 Å². The maximum Gasteiger partial charge on any atom is 0.303 e. The van der Waals surface area contributed by atoms with Gasteiger partial charge in [-0.25, -0.2) is 0 Å². The molecule has 0 saturated carbocycles. The number of hydrogen-bond acceptors (Lipinski definition) is 4. The SMILES string of the molecule is O=C(O)CCCCCCC=CCC(O)C(O)CCCCCCCCO. The number of carbonyl (C=O) groups is 1. The van der Waals surface area contributed by atoms with E-state index in [9.17, 15) is 15.0 Å². The monoisotopic (exact) mass is 358 g/mol. The molecule has 0 saturated heterocycles. The van der Waals surface area contributed by atoms with Crippen LogP contribution in [0.2, 0.25) is 0 Å². The predicted octanol–water partition coefficient (Wildman–Crippen LogP) is 3.80. The van der Waals surface area contributed by atoms with Crippen LogP contribution in [0.15, 0.2) is 12.2 Å². The predicted molar refractivity (Wildman–Crippen MR) is 101 cm³/mol. The van der Waals surface area contributed by atoms with Crippen molar-refractivity contribution in [3.63, 3.8) is 0 Å². The molecular formula is C20H38O5. The average Bonchev–Trinajstić information content (AvgIpc) is 2.58. The zero-order chi connectivity index (χ0) is 18.8. The number of rotatable bonds is 18. The normalized spacial score (nSPS) is 14.0. The number of aliphatic carboxylic acids is 1. The lowest BCUT2D eigenvalue weighted by Gasteiger charge is -2.16. The van der Waals surface area contributed by atoms with Gasteiger partial charge in [0.05, 0.1) is 12.2 Å². The Hall–Kier alpha value is -0.910. The Balaban J connectivity index is 3.47. The minimum absolute atomic E-state index is 0.253. The van der Waals surface area contributed by atoms with Crippen LogP contribution in [0.25, 0.3) is 0 Å². The Morgan fingerprint density at radius 3 is 2.04 bits per heavy atom. The van der Waals surface area contributed by atoms with E-state index in [4.69, 9.17) is 10.2 Å². The van der Waals surface area contributed by atoms with Crippen molar-refractivity contribution >= 4 is 5.97 Å². The molecule has 0 spiro atoms. The molecule has 0 fully saturated rings. The van der Waals surface area contributed by atoms with Crippen molar-refractivity contribution in [3.8, 4) is 0 Å². The van der Waals surface area contributed by atoms with Crippen molar-refractivity contribution in [2.45, 2.75) is 102 Å². The van der Waals surface area contributed by atoms with E-state index in [1.165, 1.54) is 0 Å². The van der Waals surface area contributed by atoms with Gasteiger partial charge in [0.15, 0.2) is 0 Å². The zero-order valence-electron chi connectivity index (χ0n) is 15.6. The number of allylic oxidation sites excluding steroid dienone is 1. The van der Waals surface area contributed by atoms with E-state index in [1.807, 2.05) is 12.2 Å². The van der Waals surface area contributed by atoms with Crippen LogP contribution in [0.1, 0.15) is 89.9 Å². The molecule has 0 aromatic heterocycles. The molecule has 2 atom stereocenters. The number of carboxylic acid groups (broad SMARTS) is 1. The summed E-state index contributed by atoms with van der Waals surface area (Å²) in [7, 11) is 0. The van der Waals surface area contributed by atoms with Gasteiger partial charge in [0.2, 0.25) is 0 Å². The highest BCUT2D eigenvalue weighted by atomic mass is 16.4. The molecule has 0 bridgehead atoms. The summed E-state index contributed by atoms with van der Waals surface area (Å²) in [5.74, 6) is -0.728. The first-order chi connectivity index (χ1) is 12.1. The summed E-state index contributed by atoms with van der Waals surface area (Å²) in [5, 5.41) is 37.1. The molecule has 0 aliphatic carbocycles. The first-order valence-corrected chi connectivity index (χ1v) is 9.91. The van der Waals surface area contributed by atoms with Crippen molar-refractivity contribution in [2.75, 3.05) is 6.61 Å².